The van der Waals surface area contributed by atoms with Crippen molar-refractivity contribution in [3.05, 3.63) is 34.9 Å². The standard InChI is InChI=1S/C15H23N/c1-4-15(8-5-9-15)16-11-14-7-6-12(2)13(3)10-14/h6-7,10,16H,4-5,8-9,11H2,1-3H3. The van der Waals surface area contributed by atoms with Crippen molar-refractivity contribution in [2.75, 3.05) is 0 Å². The zero-order valence-electron chi connectivity index (χ0n) is 10.8. The summed E-state index contributed by atoms with van der Waals surface area (Å²) in [4.78, 5) is 0. The molecule has 1 N–H and O–H groups in total. The maximum Gasteiger partial charge on any atom is 0.0210 e. The van der Waals surface area contributed by atoms with Crippen molar-refractivity contribution in [3.63, 3.8) is 0 Å². The normalized spacial score (nSPS) is 18.2. The number of aryl methyl sites for hydroxylation is 2. The van der Waals surface area contributed by atoms with Crippen LogP contribution >= 0.6 is 0 Å². The van der Waals surface area contributed by atoms with Gasteiger partial charge < -0.3 is 5.32 Å². The van der Waals surface area contributed by atoms with Crippen LogP contribution in [0, 0.1) is 13.8 Å². The van der Waals surface area contributed by atoms with Gasteiger partial charge in [0.05, 0.1) is 0 Å². The second kappa shape index (κ2) is 4.58. The largest absolute Gasteiger partial charge is 0.307 e. The van der Waals surface area contributed by atoms with Crippen LogP contribution in [0.3, 0.4) is 0 Å². The van der Waals surface area contributed by atoms with E-state index in [4.69, 9.17) is 0 Å². The summed E-state index contributed by atoms with van der Waals surface area (Å²) in [7, 11) is 0. The fraction of sp³-hybridized carbons (Fsp3) is 0.600. The fourth-order valence-electron chi connectivity index (χ4n) is 2.46. The van der Waals surface area contributed by atoms with E-state index in [9.17, 15) is 0 Å². The van der Waals surface area contributed by atoms with Gasteiger partial charge in [-0.3, -0.25) is 0 Å². The zero-order chi connectivity index (χ0) is 11.6. The first-order valence-corrected chi connectivity index (χ1v) is 6.46. The highest BCUT2D eigenvalue weighted by atomic mass is 15.0. The molecule has 88 valence electrons. The first-order valence-electron chi connectivity index (χ1n) is 6.46. The Morgan fingerprint density at radius 2 is 1.94 bits per heavy atom. The van der Waals surface area contributed by atoms with Crippen molar-refractivity contribution in [3.8, 4) is 0 Å². The third-order valence-corrected chi connectivity index (χ3v) is 4.23. The molecule has 1 aromatic carbocycles. The lowest BCUT2D eigenvalue weighted by Crippen LogP contribution is -2.49. The molecule has 0 heterocycles. The Morgan fingerprint density at radius 1 is 1.19 bits per heavy atom. The van der Waals surface area contributed by atoms with Gasteiger partial charge in [0.25, 0.3) is 0 Å². The van der Waals surface area contributed by atoms with Crippen molar-refractivity contribution in [2.45, 2.75) is 58.5 Å². The summed E-state index contributed by atoms with van der Waals surface area (Å²) in [5.74, 6) is 0. The Labute approximate surface area is 99.3 Å². The van der Waals surface area contributed by atoms with E-state index in [-0.39, 0.29) is 0 Å². The molecule has 0 saturated heterocycles. The summed E-state index contributed by atoms with van der Waals surface area (Å²) >= 11 is 0. The smallest absolute Gasteiger partial charge is 0.0210 e. The summed E-state index contributed by atoms with van der Waals surface area (Å²) < 4.78 is 0. The number of nitrogens with one attached hydrogen (secondary N) is 1. The predicted octanol–water partition coefficient (Wildman–Crippen LogP) is 3.73. The average Bonchev–Trinajstić information content (AvgIpc) is 2.22. The summed E-state index contributed by atoms with van der Waals surface area (Å²) in [5, 5.41) is 3.75. The Hall–Kier alpha value is -0.820. The van der Waals surface area contributed by atoms with E-state index < -0.39 is 0 Å². The number of hydrogen-bond donors (Lipinski definition) is 1. The summed E-state index contributed by atoms with van der Waals surface area (Å²) in [6, 6.07) is 6.79. The Kier molecular flexibility index (Phi) is 3.34. The van der Waals surface area contributed by atoms with Gasteiger partial charge in [0, 0.05) is 12.1 Å². The predicted molar refractivity (Wildman–Crippen MR) is 69.6 cm³/mol. The molecule has 2 rings (SSSR count). The molecule has 1 saturated carbocycles. The number of hydrogen-bond acceptors (Lipinski definition) is 1. The zero-order valence-corrected chi connectivity index (χ0v) is 10.8. The van der Waals surface area contributed by atoms with Gasteiger partial charge >= 0.3 is 0 Å². The van der Waals surface area contributed by atoms with Crippen molar-refractivity contribution < 1.29 is 0 Å². The molecule has 1 heteroatoms. The fourth-order valence-corrected chi connectivity index (χ4v) is 2.46. The third kappa shape index (κ3) is 2.30. The number of rotatable bonds is 4. The molecular weight excluding hydrogens is 194 g/mol. The molecule has 0 aliphatic heterocycles. The highest BCUT2D eigenvalue weighted by Gasteiger charge is 2.33. The molecule has 1 fully saturated rings. The monoisotopic (exact) mass is 217 g/mol. The van der Waals surface area contributed by atoms with Crippen molar-refractivity contribution in [1.29, 1.82) is 0 Å². The molecule has 1 nitrogen and oxygen atoms in total. The van der Waals surface area contributed by atoms with Gasteiger partial charge in [-0.05, 0) is 56.2 Å². The van der Waals surface area contributed by atoms with Gasteiger partial charge in [-0.25, -0.2) is 0 Å². The summed E-state index contributed by atoms with van der Waals surface area (Å²) in [6.45, 7) is 7.69. The SMILES string of the molecule is CCC1(NCc2ccc(C)c(C)c2)CCC1. The lowest BCUT2D eigenvalue weighted by molar-refractivity contribution is 0.175. The van der Waals surface area contributed by atoms with Crippen LogP contribution in [-0.2, 0) is 6.54 Å². The lowest BCUT2D eigenvalue weighted by atomic mass is 9.75. The minimum absolute atomic E-state index is 0.457. The molecule has 0 bridgehead atoms. The molecule has 1 aromatic rings. The van der Waals surface area contributed by atoms with E-state index in [2.05, 4.69) is 44.3 Å². The quantitative estimate of drug-likeness (QED) is 0.810. The number of benzene rings is 1. The molecule has 0 radical (unpaired) electrons. The molecule has 0 atom stereocenters. The first-order chi connectivity index (χ1) is 7.65. The average molecular weight is 217 g/mol. The van der Waals surface area contributed by atoms with E-state index in [1.807, 2.05) is 0 Å². The Bertz CT molecular complexity index is 358. The molecule has 16 heavy (non-hydrogen) atoms. The van der Waals surface area contributed by atoms with Crippen LogP contribution in [0.5, 0.6) is 0 Å². The summed E-state index contributed by atoms with van der Waals surface area (Å²) in [5.41, 5.74) is 4.66. The van der Waals surface area contributed by atoms with Crippen LogP contribution in [0.2, 0.25) is 0 Å². The van der Waals surface area contributed by atoms with Gasteiger partial charge in [-0.1, -0.05) is 25.1 Å². The van der Waals surface area contributed by atoms with E-state index in [1.165, 1.54) is 42.4 Å². The van der Waals surface area contributed by atoms with Crippen LogP contribution in [0.4, 0.5) is 0 Å². The van der Waals surface area contributed by atoms with Crippen molar-refractivity contribution in [1.82, 2.24) is 5.32 Å². The van der Waals surface area contributed by atoms with E-state index in [0.29, 0.717) is 5.54 Å². The van der Waals surface area contributed by atoms with E-state index >= 15 is 0 Å². The van der Waals surface area contributed by atoms with Crippen molar-refractivity contribution in [2.24, 2.45) is 0 Å². The minimum atomic E-state index is 0.457. The van der Waals surface area contributed by atoms with Crippen LogP contribution in [0.1, 0.15) is 49.3 Å². The lowest BCUT2D eigenvalue weighted by Gasteiger charge is -2.42. The highest BCUT2D eigenvalue weighted by Crippen LogP contribution is 2.34. The van der Waals surface area contributed by atoms with Gasteiger partial charge in [-0.15, -0.1) is 0 Å². The molecular formula is C15H23N. The van der Waals surface area contributed by atoms with Crippen LogP contribution in [-0.4, -0.2) is 5.54 Å². The maximum atomic E-state index is 3.75. The van der Waals surface area contributed by atoms with E-state index in [0.717, 1.165) is 6.54 Å². The van der Waals surface area contributed by atoms with Gasteiger partial charge in [-0.2, -0.15) is 0 Å². The topological polar surface area (TPSA) is 12.0 Å². The molecule has 1 aliphatic carbocycles. The van der Waals surface area contributed by atoms with Crippen LogP contribution in [0.15, 0.2) is 18.2 Å². The van der Waals surface area contributed by atoms with Crippen LogP contribution in [0.25, 0.3) is 0 Å². The Morgan fingerprint density at radius 3 is 2.44 bits per heavy atom. The third-order valence-electron chi connectivity index (χ3n) is 4.23. The van der Waals surface area contributed by atoms with Gasteiger partial charge in [0.2, 0.25) is 0 Å². The van der Waals surface area contributed by atoms with Crippen molar-refractivity contribution >= 4 is 0 Å². The molecule has 1 aliphatic rings. The first kappa shape index (κ1) is 11.7. The minimum Gasteiger partial charge on any atom is -0.307 e. The molecule has 0 amide bonds. The second-order valence-corrected chi connectivity index (χ2v) is 5.26. The van der Waals surface area contributed by atoms with Crippen LogP contribution < -0.4 is 5.32 Å². The van der Waals surface area contributed by atoms with Gasteiger partial charge in [0.1, 0.15) is 0 Å². The summed E-state index contributed by atoms with van der Waals surface area (Å²) in [6.07, 6.45) is 5.37. The highest BCUT2D eigenvalue weighted by molar-refractivity contribution is 5.29. The molecule has 0 unspecified atom stereocenters. The second-order valence-electron chi connectivity index (χ2n) is 5.26. The molecule has 0 spiro atoms. The Balaban J connectivity index is 1.96. The van der Waals surface area contributed by atoms with E-state index in [1.54, 1.807) is 0 Å². The molecule has 0 aromatic heterocycles. The maximum absolute atomic E-state index is 3.75. The van der Waals surface area contributed by atoms with Gasteiger partial charge in [0.15, 0.2) is 0 Å².